The zero-order chi connectivity index (χ0) is 19.7. The molecule has 0 fully saturated rings. The van der Waals surface area contributed by atoms with Gasteiger partial charge in [0.05, 0.1) is 6.54 Å². The number of amides is 1. The Morgan fingerprint density at radius 1 is 1.23 bits per heavy atom. The van der Waals surface area contributed by atoms with E-state index in [4.69, 9.17) is 25.8 Å². The number of aliphatic carboxylic acids is 1. The molecule has 2 atom stereocenters. The van der Waals surface area contributed by atoms with Gasteiger partial charge < -0.3 is 24.6 Å². The first-order valence-corrected chi connectivity index (χ1v) is 8.39. The molecule has 26 heavy (non-hydrogen) atoms. The minimum absolute atomic E-state index is 0.142. The van der Waals surface area contributed by atoms with E-state index in [0.29, 0.717) is 5.02 Å². The van der Waals surface area contributed by atoms with Gasteiger partial charge in [-0.1, -0.05) is 38.4 Å². The number of carbonyl (C=O) groups excluding carboxylic acids is 2. The molecule has 0 aliphatic heterocycles. The third-order valence-electron chi connectivity index (χ3n) is 3.09. The lowest BCUT2D eigenvalue weighted by molar-refractivity contribution is -0.174. The number of benzene rings is 1. The summed E-state index contributed by atoms with van der Waals surface area (Å²) in [4.78, 5) is 34.5. The van der Waals surface area contributed by atoms with Crippen LogP contribution in [0.5, 0.6) is 5.75 Å². The molecule has 1 aromatic carbocycles. The molecule has 1 aromatic rings. The Bertz CT molecular complexity index is 635. The first kappa shape index (κ1) is 21.6. The number of carboxylic acid groups (broad SMARTS) is 1. The molecule has 0 bridgehead atoms. The number of esters is 1. The number of carboxylic acids is 1. The average Bonchev–Trinajstić information content (AvgIpc) is 2.57. The van der Waals surface area contributed by atoms with E-state index >= 15 is 0 Å². The molecule has 0 aliphatic carbocycles. The zero-order valence-electron chi connectivity index (χ0n) is 14.7. The van der Waals surface area contributed by atoms with Gasteiger partial charge in [0.25, 0.3) is 6.29 Å². The van der Waals surface area contributed by atoms with Crippen molar-refractivity contribution >= 4 is 29.6 Å². The smallest absolute Gasteiger partial charge is 0.410 e. The molecular weight excluding hydrogens is 366 g/mol. The van der Waals surface area contributed by atoms with Crippen LogP contribution in [0.25, 0.3) is 0 Å². The predicted molar refractivity (Wildman–Crippen MR) is 93.0 cm³/mol. The molecule has 0 spiro atoms. The van der Waals surface area contributed by atoms with Crippen molar-refractivity contribution in [3.05, 3.63) is 29.3 Å². The third-order valence-corrected chi connectivity index (χ3v) is 3.32. The Hall–Kier alpha value is -2.48. The maximum Gasteiger partial charge on any atom is 0.410 e. The first-order valence-electron chi connectivity index (χ1n) is 8.01. The van der Waals surface area contributed by atoms with Gasteiger partial charge in [-0.25, -0.2) is 9.59 Å². The van der Waals surface area contributed by atoms with Crippen molar-refractivity contribution in [1.82, 2.24) is 5.32 Å². The van der Waals surface area contributed by atoms with E-state index < -0.39 is 30.4 Å². The van der Waals surface area contributed by atoms with Crippen LogP contribution in [0.15, 0.2) is 24.3 Å². The minimum Gasteiger partial charge on any atom is -0.478 e. The Labute approximate surface area is 156 Å². The van der Waals surface area contributed by atoms with E-state index in [-0.39, 0.29) is 24.6 Å². The van der Waals surface area contributed by atoms with Crippen molar-refractivity contribution in [1.29, 1.82) is 0 Å². The van der Waals surface area contributed by atoms with Crippen molar-refractivity contribution in [2.45, 2.75) is 39.6 Å². The number of rotatable bonds is 9. The molecule has 0 saturated carbocycles. The second-order valence-electron chi connectivity index (χ2n) is 5.64. The first-order chi connectivity index (χ1) is 12.2. The number of ether oxygens (including phenoxy) is 3. The Morgan fingerprint density at radius 2 is 1.92 bits per heavy atom. The molecule has 0 heterocycles. The summed E-state index contributed by atoms with van der Waals surface area (Å²) < 4.78 is 15.3. The SMILES string of the molecule is CCC(=O)O[C@@H](OC(=O)NC[C@H](Oc1cccc(Cl)c1)C(=O)O)C(C)C. The fourth-order valence-corrected chi connectivity index (χ4v) is 1.90. The molecule has 0 aromatic heterocycles. The van der Waals surface area contributed by atoms with E-state index in [2.05, 4.69) is 5.32 Å². The van der Waals surface area contributed by atoms with Gasteiger partial charge in [-0.3, -0.25) is 4.79 Å². The molecule has 9 heteroatoms. The summed E-state index contributed by atoms with van der Waals surface area (Å²) in [6.45, 7) is 4.68. The van der Waals surface area contributed by atoms with Crippen molar-refractivity contribution in [2.24, 2.45) is 5.92 Å². The predicted octanol–water partition coefficient (Wildman–Crippen LogP) is 2.83. The highest BCUT2D eigenvalue weighted by Gasteiger charge is 2.25. The van der Waals surface area contributed by atoms with E-state index in [1.54, 1.807) is 39.0 Å². The monoisotopic (exact) mass is 387 g/mol. The number of hydrogen-bond acceptors (Lipinski definition) is 6. The Balaban J connectivity index is 2.60. The van der Waals surface area contributed by atoms with Gasteiger partial charge in [-0.05, 0) is 18.2 Å². The van der Waals surface area contributed by atoms with Crippen LogP contribution >= 0.6 is 11.6 Å². The lowest BCUT2D eigenvalue weighted by Crippen LogP contribution is -2.42. The van der Waals surface area contributed by atoms with Crippen LogP contribution in [0.2, 0.25) is 5.02 Å². The average molecular weight is 388 g/mol. The van der Waals surface area contributed by atoms with Crippen LogP contribution in [0.3, 0.4) is 0 Å². The number of halogens is 1. The molecule has 144 valence electrons. The molecule has 2 N–H and O–H groups in total. The van der Waals surface area contributed by atoms with Crippen LogP contribution in [0.4, 0.5) is 4.79 Å². The molecule has 0 radical (unpaired) electrons. The molecule has 0 aliphatic rings. The molecule has 8 nitrogen and oxygen atoms in total. The number of nitrogens with one attached hydrogen (secondary N) is 1. The summed E-state index contributed by atoms with van der Waals surface area (Å²) in [5.74, 6) is -1.81. The highest BCUT2D eigenvalue weighted by atomic mass is 35.5. The van der Waals surface area contributed by atoms with Crippen LogP contribution in [0.1, 0.15) is 27.2 Å². The van der Waals surface area contributed by atoms with E-state index in [1.807, 2.05) is 0 Å². The van der Waals surface area contributed by atoms with Crippen LogP contribution in [-0.4, -0.2) is 42.1 Å². The summed E-state index contributed by atoms with van der Waals surface area (Å²) in [5.41, 5.74) is 0. The number of carbonyl (C=O) groups is 3. The Morgan fingerprint density at radius 3 is 2.46 bits per heavy atom. The van der Waals surface area contributed by atoms with Gasteiger partial charge in [0.1, 0.15) is 5.75 Å². The molecule has 1 rings (SSSR count). The second-order valence-corrected chi connectivity index (χ2v) is 6.08. The van der Waals surface area contributed by atoms with Gasteiger partial charge in [0, 0.05) is 17.4 Å². The lowest BCUT2D eigenvalue weighted by atomic mass is 10.2. The van der Waals surface area contributed by atoms with Crippen molar-refractivity contribution in [2.75, 3.05) is 6.54 Å². The van der Waals surface area contributed by atoms with Gasteiger partial charge >= 0.3 is 18.0 Å². The summed E-state index contributed by atoms with van der Waals surface area (Å²) in [6.07, 6.45) is -3.20. The van der Waals surface area contributed by atoms with Gasteiger partial charge in [0.15, 0.2) is 0 Å². The molecule has 1 amide bonds. The summed E-state index contributed by atoms with van der Waals surface area (Å²) in [5, 5.41) is 11.9. The standard InChI is InChI=1S/C17H22ClNO7/c1-4-14(20)25-16(10(2)3)26-17(23)19-9-13(15(21)22)24-12-7-5-6-11(18)8-12/h5-8,10,13,16H,4,9H2,1-3H3,(H,19,23)(H,21,22)/t13-,16-/m0/s1. The van der Waals surface area contributed by atoms with Crippen molar-refractivity contribution < 1.29 is 33.7 Å². The summed E-state index contributed by atoms with van der Waals surface area (Å²) in [6, 6.07) is 6.21. The third kappa shape index (κ3) is 7.60. The van der Waals surface area contributed by atoms with Gasteiger partial charge in [0.2, 0.25) is 6.10 Å². The fourth-order valence-electron chi connectivity index (χ4n) is 1.72. The molecule has 0 unspecified atom stereocenters. The molecular formula is C17H22ClNO7. The van der Waals surface area contributed by atoms with Gasteiger partial charge in [-0.15, -0.1) is 0 Å². The zero-order valence-corrected chi connectivity index (χ0v) is 15.5. The summed E-state index contributed by atoms with van der Waals surface area (Å²) in [7, 11) is 0. The van der Waals surface area contributed by atoms with E-state index in [1.165, 1.54) is 6.07 Å². The summed E-state index contributed by atoms with van der Waals surface area (Å²) >= 11 is 5.82. The topological polar surface area (TPSA) is 111 Å². The van der Waals surface area contributed by atoms with E-state index in [0.717, 1.165) is 0 Å². The van der Waals surface area contributed by atoms with Crippen LogP contribution < -0.4 is 10.1 Å². The Kier molecular flexibility index (Phi) is 8.71. The minimum atomic E-state index is -1.35. The van der Waals surface area contributed by atoms with Crippen LogP contribution in [0, 0.1) is 5.92 Å². The van der Waals surface area contributed by atoms with Crippen LogP contribution in [-0.2, 0) is 19.1 Å². The highest BCUT2D eigenvalue weighted by Crippen LogP contribution is 2.18. The number of alkyl carbamates (subject to hydrolysis) is 1. The maximum atomic E-state index is 11.9. The van der Waals surface area contributed by atoms with Crippen molar-refractivity contribution in [3.63, 3.8) is 0 Å². The normalized spacial score (nSPS) is 12.8. The quantitative estimate of drug-likeness (QED) is 0.495. The van der Waals surface area contributed by atoms with E-state index in [9.17, 15) is 19.5 Å². The lowest BCUT2D eigenvalue weighted by Gasteiger charge is -2.22. The fraction of sp³-hybridized carbons (Fsp3) is 0.471. The maximum absolute atomic E-state index is 11.9. The highest BCUT2D eigenvalue weighted by molar-refractivity contribution is 6.30. The largest absolute Gasteiger partial charge is 0.478 e. The second kappa shape index (κ2) is 10.5. The van der Waals surface area contributed by atoms with Gasteiger partial charge in [-0.2, -0.15) is 0 Å². The van der Waals surface area contributed by atoms with Crippen molar-refractivity contribution in [3.8, 4) is 5.75 Å². The molecule has 0 saturated heterocycles. The number of hydrogen-bond donors (Lipinski definition) is 2.